The van der Waals surface area contributed by atoms with E-state index in [9.17, 15) is 13.2 Å². The third-order valence-corrected chi connectivity index (χ3v) is 7.08. The lowest BCUT2D eigenvalue weighted by Crippen LogP contribution is -2.54. The second kappa shape index (κ2) is 10.6. The number of guanidine groups is 1. The van der Waals surface area contributed by atoms with Crippen LogP contribution in [0.25, 0.3) is 0 Å². The molecule has 3 aliphatic rings. The van der Waals surface area contributed by atoms with Gasteiger partial charge in [-0.05, 0) is 38.5 Å². The van der Waals surface area contributed by atoms with Crippen LogP contribution in [0.15, 0.2) is 4.99 Å². The fourth-order valence-electron chi connectivity index (χ4n) is 3.53. The Bertz CT molecular complexity index is 667. The summed E-state index contributed by atoms with van der Waals surface area (Å²) >= 11 is 0. The number of hydrogen-bond acceptors (Lipinski definition) is 5. The molecule has 0 unspecified atom stereocenters. The van der Waals surface area contributed by atoms with E-state index in [0.29, 0.717) is 25.0 Å². The third-order valence-electron chi connectivity index (χ3n) is 5.75. The first-order chi connectivity index (χ1) is 13.9. The summed E-state index contributed by atoms with van der Waals surface area (Å²) in [6, 6.07) is 0.399. The van der Waals surface area contributed by atoms with E-state index in [2.05, 4.69) is 30.1 Å². The zero-order valence-corrected chi connectivity index (χ0v) is 18.3. The normalized spacial score (nSPS) is 21.7. The third kappa shape index (κ3) is 7.75. The van der Waals surface area contributed by atoms with Gasteiger partial charge >= 0.3 is 0 Å². The van der Waals surface area contributed by atoms with Crippen LogP contribution in [0.1, 0.15) is 39.0 Å². The molecule has 9 nitrogen and oxygen atoms in total. The Morgan fingerprint density at radius 1 is 1.10 bits per heavy atom. The van der Waals surface area contributed by atoms with Gasteiger partial charge in [-0.3, -0.25) is 14.7 Å². The van der Waals surface area contributed by atoms with Gasteiger partial charge in [0, 0.05) is 45.3 Å². The lowest BCUT2D eigenvalue weighted by Gasteiger charge is -2.36. The van der Waals surface area contributed by atoms with Crippen molar-refractivity contribution in [2.24, 2.45) is 10.9 Å². The standard InChI is InChI=1S/C19H36N6O3S/c1-2-20-19(21-8-13-29(27,28)22-14-16-4-3-5-16)25-11-9-24(10-12-25)15-18(26)23-17-6-7-17/h16-17,22H,2-15H2,1H3,(H,20,21)(H,23,26). The van der Waals surface area contributed by atoms with Crippen molar-refractivity contribution in [2.75, 3.05) is 58.1 Å². The van der Waals surface area contributed by atoms with Gasteiger partial charge in [-0.1, -0.05) is 6.42 Å². The quantitative estimate of drug-likeness (QED) is 0.322. The Hall–Kier alpha value is -1.39. The summed E-state index contributed by atoms with van der Waals surface area (Å²) in [5.41, 5.74) is 0. The van der Waals surface area contributed by atoms with Crippen molar-refractivity contribution >= 4 is 21.9 Å². The molecule has 2 aliphatic carbocycles. The molecule has 1 amide bonds. The van der Waals surface area contributed by atoms with Gasteiger partial charge < -0.3 is 15.5 Å². The highest BCUT2D eigenvalue weighted by atomic mass is 32.2. The molecule has 1 saturated heterocycles. The van der Waals surface area contributed by atoms with Gasteiger partial charge in [0.2, 0.25) is 15.9 Å². The Morgan fingerprint density at radius 3 is 2.41 bits per heavy atom. The molecule has 1 aliphatic heterocycles. The Kier molecular flexibility index (Phi) is 8.14. The molecule has 29 heavy (non-hydrogen) atoms. The van der Waals surface area contributed by atoms with Gasteiger partial charge in [0.15, 0.2) is 5.96 Å². The first-order valence-corrected chi connectivity index (χ1v) is 12.6. The summed E-state index contributed by atoms with van der Waals surface area (Å²) in [7, 11) is -3.28. The van der Waals surface area contributed by atoms with Gasteiger partial charge in [-0.15, -0.1) is 0 Å². The number of hydrogen-bond donors (Lipinski definition) is 3. The monoisotopic (exact) mass is 428 g/mol. The van der Waals surface area contributed by atoms with Gasteiger partial charge in [0.25, 0.3) is 0 Å². The molecule has 0 aromatic heterocycles. The average Bonchev–Trinajstić information content (AvgIpc) is 3.44. The number of nitrogens with one attached hydrogen (secondary N) is 3. The molecule has 0 aromatic carbocycles. The van der Waals surface area contributed by atoms with Crippen molar-refractivity contribution < 1.29 is 13.2 Å². The van der Waals surface area contributed by atoms with Crippen LogP contribution in [0.5, 0.6) is 0 Å². The predicted molar refractivity (Wildman–Crippen MR) is 114 cm³/mol. The molecular formula is C19H36N6O3S. The minimum absolute atomic E-state index is 0.00984. The molecule has 3 fully saturated rings. The van der Waals surface area contributed by atoms with Crippen molar-refractivity contribution in [3.05, 3.63) is 0 Å². The number of amides is 1. The number of rotatable bonds is 10. The highest BCUT2D eigenvalue weighted by Gasteiger charge is 2.26. The summed E-state index contributed by atoms with van der Waals surface area (Å²) in [5.74, 6) is 1.38. The second-order valence-electron chi connectivity index (χ2n) is 8.30. The van der Waals surface area contributed by atoms with Crippen LogP contribution in [-0.4, -0.2) is 94.2 Å². The SMILES string of the molecule is CCNC(=NCCS(=O)(=O)NCC1CCC1)N1CCN(CC(=O)NC2CC2)CC1. The van der Waals surface area contributed by atoms with E-state index in [1.165, 1.54) is 6.42 Å². The minimum Gasteiger partial charge on any atom is -0.357 e. The molecule has 0 bridgehead atoms. The lowest BCUT2D eigenvalue weighted by molar-refractivity contribution is -0.122. The van der Waals surface area contributed by atoms with Crippen molar-refractivity contribution in [3.63, 3.8) is 0 Å². The zero-order valence-electron chi connectivity index (χ0n) is 17.5. The number of nitrogens with zero attached hydrogens (tertiary/aromatic N) is 3. The molecular weight excluding hydrogens is 392 g/mol. The molecule has 2 saturated carbocycles. The molecule has 3 rings (SSSR count). The number of piperazine rings is 1. The number of carbonyl (C=O) groups is 1. The predicted octanol–water partition coefficient (Wildman–Crippen LogP) is -0.432. The fraction of sp³-hybridized carbons (Fsp3) is 0.895. The van der Waals surface area contributed by atoms with Crippen LogP contribution in [0.4, 0.5) is 0 Å². The summed E-state index contributed by atoms with van der Waals surface area (Å²) < 4.78 is 27.0. The zero-order chi connectivity index (χ0) is 20.7. The van der Waals surface area contributed by atoms with E-state index < -0.39 is 10.0 Å². The van der Waals surface area contributed by atoms with Crippen molar-refractivity contribution in [2.45, 2.75) is 45.1 Å². The highest BCUT2D eigenvalue weighted by molar-refractivity contribution is 7.89. The van der Waals surface area contributed by atoms with Crippen LogP contribution in [0.2, 0.25) is 0 Å². The van der Waals surface area contributed by atoms with E-state index >= 15 is 0 Å². The van der Waals surface area contributed by atoms with Crippen molar-refractivity contribution in [3.8, 4) is 0 Å². The lowest BCUT2D eigenvalue weighted by atomic mass is 9.86. The van der Waals surface area contributed by atoms with Crippen molar-refractivity contribution in [1.82, 2.24) is 25.2 Å². The topological polar surface area (TPSA) is 106 Å². The Balaban J connectivity index is 1.40. The molecule has 166 valence electrons. The largest absolute Gasteiger partial charge is 0.357 e. The summed E-state index contributed by atoms with van der Waals surface area (Å²) in [5, 5.41) is 6.29. The number of sulfonamides is 1. The van der Waals surface area contributed by atoms with E-state index in [-0.39, 0.29) is 18.2 Å². The highest BCUT2D eigenvalue weighted by Crippen LogP contribution is 2.25. The molecule has 0 atom stereocenters. The number of carbonyl (C=O) groups excluding carboxylic acids is 1. The summed E-state index contributed by atoms with van der Waals surface area (Å²) in [6.07, 6.45) is 5.67. The maximum atomic E-state index is 12.2. The molecule has 0 aromatic rings. The van der Waals surface area contributed by atoms with Crippen LogP contribution in [0.3, 0.4) is 0 Å². The van der Waals surface area contributed by atoms with E-state index in [1.807, 2.05) is 6.92 Å². The first kappa shape index (κ1) is 22.3. The van der Waals surface area contributed by atoms with Crippen LogP contribution in [0, 0.1) is 5.92 Å². The fourth-order valence-corrected chi connectivity index (χ4v) is 4.50. The summed E-state index contributed by atoms with van der Waals surface area (Å²) in [6.45, 7) is 7.12. The van der Waals surface area contributed by atoms with Gasteiger partial charge in [-0.25, -0.2) is 13.1 Å². The maximum absolute atomic E-state index is 12.2. The molecule has 3 N–H and O–H groups in total. The van der Waals surface area contributed by atoms with Crippen molar-refractivity contribution in [1.29, 1.82) is 0 Å². The molecule has 0 spiro atoms. The van der Waals surface area contributed by atoms with E-state index in [1.54, 1.807) is 0 Å². The maximum Gasteiger partial charge on any atom is 0.234 e. The van der Waals surface area contributed by atoms with E-state index in [0.717, 1.165) is 64.4 Å². The molecule has 0 radical (unpaired) electrons. The minimum atomic E-state index is -3.28. The van der Waals surface area contributed by atoms with E-state index in [4.69, 9.17) is 0 Å². The van der Waals surface area contributed by atoms with Crippen LogP contribution >= 0.6 is 0 Å². The molecule has 1 heterocycles. The van der Waals surface area contributed by atoms with Gasteiger partial charge in [-0.2, -0.15) is 0 Å². The first-order valence-electron chi connectivity index (χ1n) is 11.0. The second-order valence-corrected chi connectivity index (χ2v) is 10.2. The molecule has 10 heteroatoms. The van der Waals surface area contributed by atoms with Gasteiger partial charge in [0.05, 0.1) is 18.8 Å². The number of aliphatic imine (C=N–C) groups is 1. The Morgan fingerprint density at radius 2 is 1.83 bits per heavy atom. The van der Waals surface area contributed by atoms with Gasteiger partial charge in [0.1, 0.15) is 0 Å². The smallest absolute Gasteiger partial charge is 0.234 e. The summed E-state index contributed by atoms with van der Waals surface area (Å²) in [4.78, 5) is 20.8. The van der Waals surface area contributed by atoms with Crippen LogP contribution in [-0.2, 0) is 14.8 Å². The van der Waals surface area contributed by atoms with Crippen LogP contribution < -0.4 is 15.4 Å². The Labute approximate surface area is 174 Å². The average molecular weight is 429 g/mol.